The van der Waals surface area contributed by atoms with E-state index in [0.717, 1.165) is 77.0 Å². The molecule has 0 aromatic heterocycles. The first-order chi connectivity index (χ1) is 28.9. The Balaban J connectivity index is 5.05. The van der Waals surface area contributed by atoms with Gasteiger partial charge in [-0.25, -0.2) is 0 Å². The summed E-state index contributed by atoms with van der Waals surface area (Å²) >= 11 is 0. The third kappa shape index (κ3) is 42.6. The van der Waals surface area contributed by atoms with E-state index < -0.39 is 24.1 Å². The van der Waals surface area contributed by atoms with E-state index in [2.05, 4.69) is 27.7 Å². The molecule has 7 nitrogen and oxygen atoms in total. The van der Waals surface area contributed by atoms with Gasteiger partial charge in [-0.15, -0.1) is 0 Å². The quantitative estimate of drug-likeness (QED) is 0.0261. The van der Waals surface area contributed by atoms with Crippen molar-refractivity contribution in [3.63, 3.8) is 0 Å². The highest BCUT2D eigenvalue weighted by Gasteiger charge is 2.24. The van der Waals surface area contributed by atoms with E-state index in [-0.39, 0.29) is 24.8 Å². The molecule has 0 rings (SSSR count). The maximum absolute atomic E-state index is 13.1. The predicted molar refractivity (Wildman–Crippen MR) is 247 cm³/mol. The summed E-state index contributed by atoms with van der Waals surface area (Å²) in [5.74, 6) is -1.88. The lowest BCUT2D eigenvalue weighted by Crippen LogP contribution is -2.27. The van der Waals surface area contributed by atoms with Crippen molar-refractivity contribution in [1.82, 2.24) is 0 Å². The Hall–Kier alpha value is -1.92. The standard InChI is InChI=1S/C52H98O7/c1-5-9-13-17-21-25-29-33-37-41-47(57-49(53)43-39-35-31-27-23-19-15-11-7-3)45-51(55)59-52(56)46-48(42-38-34-30-26-22-18-14-10-6-2)58-50(54)44-40-36-32-28-24-20-16-12-8-4/h47-48H,5-46H2,1-4H3. The summed E-state index contributed by atoms with van der Waals surface area (Å²) in [7, 11) is 0. The van der Waals surface area contributed by atoms with Crippen molar-refractivity contribution < 1.29 is 33.4 Å². The summed E-state index contributed by atoms with van der Waals surface area (Å²) in [5, 5.41) is 0. The molecule has 7 heteroatoms. The molecule has 348 valence electrons. The Kier molecular flexibility index (Phi) is 44.1. The van der Waals surface area contributed by atoms with Crippen LogP contribution < -0.4 is 0 Å². The van der Waals surface area contributed by atoms with E-state index in [9.17, 15) is 19.2 Å². The number of rotatable bonds is 46. The minimum Gasteiger partial charge on any atom is -0.462 e. The SMILES string of the molecule is CCCCCCCCCCCC(=O)OC(CCCCCCCCCCC)CC(=O)OC(=O)CC(CCCCCCCCCCC)OC(=O)CCCCCCCCCCC. The van der Waals surface area contributed by atoms with Crippen molar-refractivity contribution in [3.8, 4) is 0 Å². The lowest BCUT2D eigenvalue weighted by atomic mass is 10.0. The lowest BCUT2D eigenvalue weighted by molar-refractivity contribution is -0.165. The van der Waals surface area contributed by atoms with Crippen LogP contribution in [0, 0.1) is 0 Å². The van der Waals surface area contributed by atoms with E-state index in [1.165, 1.54) is 154 Å². The fraction of sp³-hybridized carbons (Fsp3) is 0.923. The van der Waals surface area contributed by atoms with Crippen LogP contribution >= 0.6 is 0 Å². The molecule has 0 N–H and O–H groups in total. The second-order valence-electron chi connectivity index (χ2n) is 17.9. The molecule has 0 saturated heterocycles. The summed E-state index contributed by atoms with van der Waals surface area (Å²) in [6, 6.07) is 0. The lowest BCUT2D eigenvalue weighted by Gasteiger charge is -2.19. The van der Waals surface area contributed by atoms with E-state index in [1.54, 1.807) is 0 Å². The molecule has 0 aliphatic heterocycles. The normalized spacial score (nSPS) is 12.3. The first kappa shape index (κ1) is 57.1. The van der Waals surface area contributed by atoms with Crippen LogP contribution in [0.4, 0.5) is 0 Å². The minimum absolute atomic E-state index is 0.131. The number of hydrogen-bond acceptors (Lipinski definition) is 7. The molecule has 0 amide bonds. The predicted octanol–water partition coefficient (Wildman–Crippen LogP) is 16.3. The van der Waals surface area contributed by atoms with Crippen LogP contribution in [-0.4, -0.2) is 36.1 Å². The molecule has 59 heavy (non-hydrogen) atoms. The van der Waals surface area contributed by atoms with E-state index in [0.29, 0.717) is 25.7 Å². The number of hydrogen-bond donors (Lipinski definition) is 0. The molecule has 0 aliphatic carbocycles. The Morgan fingerprint density at radius 1 is 0.288 bits per heavy atom. The van der Waals surface area contributed by atoms with Gasteiger partial charge in [-0.1, -0.05) is 233 Å². The Morgan fingerprint density at radius 3 is 0.763 bits per heavy atom. The van der Waals surface area contributed by atoms with Gasteiger partial charge in [0.1, 0.15) is 12.2 Å². The van der Waals surface area contributed by atoms with Crippen LogP contribution in [0.1, 0.15) is 297 Å². The molecule has 0 aromatic carbocycles. The van der Waals surface area contributed by atoms with Crippen LogP contribution in [-0.2, 0) is 33.4 Å². The number of carbonyl (C=O) groups is 4. The van der Waals surface area contributed by atoms with Gasteiger partial charge in [0.05, 0.1) is 12.8 Å². The second-order valence-corrected chi connectivity index (χ2v) is 17.9. The molecule has 0 fully saturated rings. The van der Waals surface area contributed by atoms with Gasteiger partial charge in [0.2, 0.25) is 0 Å². The van der Waals surface area contributed by atoms with Gasteiger partial charge < -0.3 is 14.2 Å². The Morgan fingerprint density at radius 2 is 0.508 bits per heavy atom. The zero-order chi connectivity index (χ0) is 43.3. The summed E-state index contributed by atoms with van der Waals surface area (Å²) in [6.07, 6.45) is 42.7. The fourth-order valence-corrected chi connectivity index (χ4v) is 8.00. The van der Waals surface area contributed by atoms with Gasteiger partial charge in [-0.05, 0) is 38.5 Å². The van der Waals surface area contributed by atoms with Crippen LogP contribution in [0.25, 0.3) is 0 Å². The maximum atomic E-state index is 13.1. The van der Waals surface area contributed by atoms with E-state index in [4.69, 9.17) is 14.2 Å². The first-order valence-corrected chi connectivity index (χ1v) is 26.0. The zero-order valence-electron chi connectivity index (χ0n) is 39.7. The highest BCUT2D eigenvalue weighted by atomic mass is 16.6. The third-order valence-electron chi connectivity index (χ3n) is 11.8. The van der Waals surface area contributed by atoms with Gasteiger partial charge in [0.15, 0.2) is 0 Å². The molecule has 2 unspecified atom stereocenters. The van der Waals surface area contributed by atoms with Crippen molar-refractivity contribution in [2.24, 2.45) is 0 Å². The smallest absolute Gasteiger partial charge is 0.317 e. The van der Waals surface area contributed by atoms with Gasteiger partial charge in [0, 0.05) is 12.8 Å². The van der Waals surface area contributed by atoms with Crippen LogP contribution in [0.5, 0.6) is 0 Å². The highest BCUT2D eigenvalue weighted by molar-refractivity contribution is 5.86. The monoisotopic (exact) mass is 835 g/mol. The summed E-state index contributed by atoms with van der Waals surface area (Å²) in [5.41, 5.74) is 0. The van der Waals surface area contributed by atoms with Crippen LogP contribution in [0.2, 0.25) is 0 Å². The van der Waals surface area contributed by atoms with Gasteiger partial charge in [-0.2, -0.15) is 0 Å². The van der Waals surface area contributed by atoms with Crippen LogP contribution in [0.15, 0.2) is 0 Å². The molecule has 0 heterocycles. The Bertz CT molecular complexity index is 875. The van der Waals surface area contributed by atoms with Gasteiger partial charge in [0.25, 0.3) is 0 Å². The number of unbranched alkanes of at least 4 members (excludes halogenated alkanes) is 32. The zero-order valence-corrected chi connectivity index (χ0v) is 39.7. The van der Waals surface area contributed by atoms with Crippen molar-refractivity contribution in [1.29, 1.82) is 0 Å². The summed E-state index contributed by atoms with van der Waals surface area (Å²) < 4.78 is 17.0. The highest BCUT2D eigenvalue weighted by Crippen LogP contribution is 2.20. The Labute approximate surface area is 365 Å². The topological polar surface area (TPSA) is 96.0 Å². The minimum atomic E-state index is -0.672. The first-order valence-electron chi connectivity index (χ1n) is 26.0. The molecule has 0 spiro atoms. The van der Waals surface area contributed by atoms with Crippen molar-refractivity contribution >= 4 is 23.9 Å². The van der Waals surface area contributed by atoms with Crippen molar-refractivity contribution in [2.45, 2.75) is 310 Å². The molecular formula is C52H98O7. The number of esters is 4. The van der Waals surface area contributed by atoms with E-state index in [1.807, 2.05) is 0 Å². The van der Waals surface area contributed by atoms with Crippen molar-refractivity contribution in [3.05, 3.63) is 0 Å². The van der Waals surface area contributed by atoms with Gasteiger partial charge in [-0.3, -0.25) is 19.2 Å². The average Bonchev–Trinajstić information content (AvgIpc) is 3.21. The molecular weight excluding hydrogens is 737 g/mol. The largest absolute Gasteiger partial charge is 0.462 e. The van der Waals surface area contributed by atoms with Crippen molar-refractivity contribution in [2.75, 3.05) is 0 Å². The second kappa shape index (κ2) is 45.6. The number of ether oxygens (including phenoxy) is 3. The maximum Gasteiger partial charge on any atom is 0.317 e. The molecule has 0 aromatic rings. The molecule has 0 radical (unpaired) electrons. The molecule has 0 aliphatic rings. The van der Waals surface area contributed by atoms with Gasteiger partial charge >= 0.3 is 23.9 Å². The fourth-order valence-electron chi connectivity index (χ4n) is 8.00. The third-order valence-corrected chi connectivity index (χ3v) is 11.8. The summed E-state index contributed by atoms with van der Waals surface area (Å²) in [4.78, 5) is 52.0. The average molecular weight is 835 g/mol. The van der Waals surface area contributed by atoms with Crippen LogP contribution in [0.3, 0.4) is 0 Å². The molecule has 0 bridgehead atoms. The molecule has 0 saturated carbocycles. The number of carbonyl (C=O) groups excluding carboxylic acids is 4. The molecule has 2 atom stereocenters. The summed E-state index contributed by atoms with van der Waals surface area (Å²) in [6.45, 7) is 8.94. The van der Waals surface area contributed by atoms with E-state index >= 15 is 0 Å².